The van der Waals surface area contributed by atoms with Gasteiger partial charge in [0, 0.05) is 12.7 Å². The normalized spacial score (nSPS) is 11.9. The summed E-state index contributed by atoms with van der Waals surface area (Å²) in [6.45, 7) is 4.90. The number of pyridine rings is 2. The number of fused-ring (bicyclic) bond motifs is 1. The lowest BCUT2D eigenvalue weighted by Gasteiger charge is -2.15. The lowest BCUT2D eigenvalue weighted by atomic mass is 10.1. The lowest BCUT2D eigenvalue weighted by molar-refractivity contribution is 0.0688. The van der Waals surface area contributed by atoms with Gasteiger partial charge in [-0.1, -0.05) is 19.1 Å². The maximum Gasteiger partial charge on any atom is 0.354 e. The van der Waals surface area contributed by atoms with Crippen LogP contribution in [0.4, 0.5) is 8.78 Å². The van der Waals surface area contributed by atoms with Crippen molar-refractivity contribution in [3.8, 4) is 5.75 Å². The lowest BCUT2D eigenvalue weighted by Crippen LogP contribution is -2.33. The van der Waals surface area contributed by atoms with E-state index < -0.39 is 29.6 Å². The largest absolute Gasteiger partial charge is 0.485 e. The topological polar surface area (TPSA) is 132 Å². The van der Waals surface area contributed by atoms with Crippen molar-refractivity contribution in [2.24, 2.45) is 5.73 Å². The summed E-state index contributed by atoms with van der Waals surface area (Å²) < 4.78 is 35.4. The maximum atomic E-state index is 14.1. The van der Waals surface area contributed by atoms with Crippen molar-refractivity contribution < 1.29 is 28.2 Å². The molecule has 1 amide bonds. The van der Waals surface area contributed by atoms with Gasteiger partial charge < -0.3 is 20.9 Å². The van der Waals surface area contributed by atoms with Crippen LogP contribution in [0.15, 0.2) is 42.6 Å². The molecule has 4 N–H and O–H groups in total. The van der Waals surface area contributed by atoms with Crippen LogP contribution in [0.2, 0.25) is 0 Å². The molecule has 4 rings (SSSR count). The minimum Gasteiger partial charge on any atom is -0.485 e. The number of rotatable bonds is 9. The molecule has 198 valence electrons. The minimum atomic E-state index is -1.15. The molecule has 4 aromatic rings. The molecule has 9 nitrogen and oxygen atoms in total. The Labute approximate surface area is 217 Å². The molecule has 3 aromatic heterocycles. The molecule has 0 bridgehead atoms. The number of aromatic nitrogens is 3. The zero-order chi connectivity index (χ0) is 27.6. The fourth-order valence-electron chi connectivity index (χ4n) is 4.13. The molecule has 0 saturated heterocycles. The molecule has 0 aliphatic heterocycles. The second-order valence-electron chi connectivity index (χ2n) is 8.83. The first-order valence-corrected chi connectivity index (χ1v) is 11.9. The van der Waals surface area contributed by atoms with E-state index >= 15 is 0 Å². The summed E-state index contributed by atoms with van der Waals surface area (Å²) in [5, 5.41) is 12.2. The number of nitrogens with one attached hydrogen (secondary N) is 1. The fraction of sp³-hybridized carbons (Fsp3) is 0.259. The number of benzene rings is 1. The number of carbonyl (C=O) groups is 2. The Morgan fingerprint density at radius 1 is 1.16 bits per heavy atom. The van der Waals surface area contributed by atoms with Crippen LogP contribution >= 0.6 is 0 Å². The van der Waals surface area contributed by atoms with E-state index in [0.717, 1.165) is 17.7 Å². The zero-order valence-electron chi connectivity index (χ0n) is 21.1. The van der Waals surface area contributed by atoms with E-state index in [0.29, 0.717) is 29.0 Å². The molecule has 0 aliphatic rings. The van der Waals surface area contributed by atoms with Crippen molar-refractivity contribution in [1.82, 2.24) is 19.7 Å². The van der Waals surface area contributed by atoms with Crippen molar-refractivity contribution in [2.75, 3.05) is 6.54 Å². The summed E-state index contributed by atoms with van der Waals surface area (Å²) in [6, 6.07) is 7.80. The van der Waals surface area contributed by atoms with Crippen molar-refractivity contribution in [1.29, 1.82) is 0 Å². The Balaban J connectivity index is 1.55. The molecular formula is C27H27F2N5O4. The number of aryl methyl sites for hydroxylation is 3. The number of aromatic carboxylic acids is 1. The highest BCUT2D eigenvalue weighted by molar-refractivity contribution is 5.95. The van der Waals surface area contributed by atoms with Gasteiger partial charge in [-0.25, -0.2) is 23.5 Å². The molecule has 0 radical (unpaired) electrons. The number of hydrogen-bond acceptors (Lipinski definition) is 6. The molecule has 0 aliphatic carbocycles. The highest BCUT2D eigenvalue weighted by atomic mass is 19.1. The highest BCUT2D eigenvalue weighted by Gasteiger charge is 2.22. The van der Waals surface area contributed by atoms with Crippen LogP contribution in [-0.4, -0.2) is 37.9 Å². The van der Waals surface area contributed by atoms with Gasteiger partial charge in [-0.3, -0.25) is 9.20 Å². The first-order valence-electron chi connectivity index (χ1n) is 11.9. The molecule has 0 saturated carbocycles. The van der Waals surface area contributed by atoms with Crippen LogP contribution in [0.1, 0.15) is 62.0 Å². The SMILES string of the molecule is CCc1ccc(C(N)CNC(=O)c2c(C)nc3c(OCc4c(F)cccc4F)cc(C)cn23)nc1C(=O)O. The van der Waals surface area contributed by atoms with E-state index in [1.165, 1.54) is 6.07 Å². The van der Waals surface area contributed by atoms with Crippen molar-refractivity contribution >= 4 is 17.5 Å². The van der Waals surface area contributed by atoms with Crippen molar-refractivity contribution in [3.63, 3.8) is 0 Å². The van der Waals surface area contributed by atoms with Gasteiger partial charge in [0.1, 0.15) is 23.9 Å². The fourth-order valence-corrected chi connectivity index (χ4v) is 4.13. The number of ether oxygens (including phenoxy) is 1. The van der Waals surface area contributed by atoms with Crippen LogP contribution in [-0.2, 0) is 13.0 Å². The van der Waals surface area contributed by atoms with Crippen molar-refractivity contribution in [3.05, 3.63) is 93.7 Å². The third-order valence-electron chi connectivity index (χ3n) is 6.09. The van der Waals surface area contributed by atoms with Crippen LogP contribution in [0.3, 0.4) is 0 Å². The number of hydrogen-bond donors (Lipinski definition) is 3. The van der Waals surface area contributed by atoms with Gasteiger partial charge in [0.2, 0.25) is 0 Å². The van der Waals surface area contributed by atoms with Crippen LogP contribution < -0.4 is 15.8 Å². The van der Waals surface area contributed by atoms with E-state index in [-0.39, 0.29) is 35.9 Å². The molecule has 3 heterocycles. The van der Waals surface area contributed by atoms with Crippen LogP contribution in [0.25, 0.3) is 5.65 Å². The number of carboxylic acids is 1. The quantitative estimate of drug-likeness (QED) is 0.303. The molecule has 1 unspecified atom stereocenters. The van der Waals surface area contributed by atoms with E-state index in [4.69, 9.17) is 10.5 Å². The summed E-state index contributed by atoms with van der Waals surface area (Å²) >= 11 is 0. The minimum absolute atomic E-state index is 0.00916. The molecule has 0 fully saturated rings. The molecule has 1 atom stereocenters. The zero-order valence-corrected chi connectivity index (χ0v) is 21.1. The Morgan fingerprint density at radius 3 is 2.53 bits per heavy atom. The van der Waals surface area contributed by atoms with Gasteiger partial charge in [0.15, 0.2) is 17.1 Å². The maximum absolute atomic E-state index is 14.1. The number of nitrogens with zero attached hydrogens (tertiary/aromatic N) is 3. The van der Waals surface area contributed by atoms with Gasteiger partial charge in [-0.2, -0.15) is 0 Å². The Hall–Kier alpha value is -4.38. The second-order valence-corrected chi connectivity index (χ2v) is 8.83. The van der Waals surface area contributed by atoms with E-state index in [9.17, 15) is 23.5 Å². The predicted molar refractivity (Wildman–Crippen MR) is 135 cm³/mol. The standard InChI is InChI=1S/C27H27F2N5O4/c1-4-16-8-9-21(33-23(16)27(36)37)20(30)11-31-26(35)24-15(3)32-25-22(10-14(2)12-34(24)25)38-13-17-18(28)6-5-7-19(17)29/h5-10,12,20H,4,11,13,30H2,1-3H3,(H,31,35)(H,36,37). The number of halogens is 2. The average Bonchev–Trinajstić information content (AvgIpc) is 3.21. The highest BCUT2D eigenvalue weighted by Crippen LogP contribution is 2.26. The van der Waals surface area contributed by atoms with E-state index in [1.807, 2.05) is 6.92 Å². The summed E-state index contributed by atoms with van der Waals surface area (Å²) in [5.41, 5.74) is 8.52. The number of carbonyl (C=O) groups excluding carboxylic acids is 1. The van der Waals surface area contributed by atoms with E-state index in [2.05, 4.69) is 15.3 Å². The third kappa shape index (κ3) is 5.32. The first kappa shape index (κ1) is 26.7. The number of carboxylic acid groups (broad SMARTS) is 1. The van der Waals surface area contributed by atoms with Crippen LogP contribution in [0, 0.1) is 25.5 Å². The van der Waals surface area contributed by atoms with Gasteiger partial charge >= 0.3 is 5.97 Å². The average molecular weight is 524 g/mol. The summed E-state index contributed by atoms with van der Waals surface area (Å²) in [5.74, 6) is -2.80. The number of imidazole rings is 1. The van der Waals surface area contributed by atoms with Gasteiger partial charge in [-0.15, -0.1) is 0 Å². The summed E-state index contributed by atoms with van der Waals surface area (Å²) in [4.78, 5) is 33.3. The molecule has 38 heavy (non-hydrogen) atoms. The molecule has 0 spiro atoms. The molecule has 1 aromatic carbocycles. The molecular weight excluding hydrogens is 496 g/mol. The smallest absolute Gasteiger partial charge is 0.354 e. The molecule has 11 heteroatoms. The Morgan fingerprint density at radius 2 is 1.87 bits per heavy atom. The van der Waals surface area contributed by atoms with Gasteiger partial charge in [0.25, 0.3) is 5.91 Å². The Kier molecular flexibility index (Phi) is 7.67. The Bertz CT molecular complexity index is 1520. The predicted octanol–water partition coefficient (Wildman–Crippen LogP) is 3.89. The number of nitrogens with two attached hydrogens (primary N) is 1. The summed E-state index contributed by atoms with van der Waals surface area (Å²) in [7, 11) is 0. The second kappa shape index (κ2) is 10.9. The number of amides is 1. The van der Waals surface area contributed by atoms with Crippen molar-refractivity contribution in [2.45, 2.75) is 39.8 Å². The first-order chi connectivity index (χ1) is 18.1. The van der Waals surface area contributed by atoms with E-state index in [1.54, 1.807) is 42.6 Å². The third-order valence-corrected chi connectivity index (χ3v) is 6.09. The van der Waals surface area contributed by atoms with Crippen LogP contribution in [0.5, 0.6) is 5.75 Å². The monoisotopic (exact) mass is 523 g/mol. The van der Waals surface area contributed by atoms with Gasteiger partial charge in [-0.05, 0) is 55.7 Å². The van der Waals surface area contributed by atoms with Gasteiger partial charge in [0.05, 0.1) is 23.0 Å². The summed E-state index contributed by atoms with van der Waals surface area (Å²) in [6.07, 6.45) is 2.21.